The Hall–Kier alpha value is -0.130. The van der Waals surface area contributed by atoms with Crippen molar-refractivity contribution >= 4 is 10.1 Å². The molecule has 1 rings (SSSR count). The molecule has 0 aromatic rings. The van der Waals surface area contributed by atoms with E-state index in [0.29, 0.717) is 6.04 Å². The highest BCUT2D eigenvalue weighted by molar-refractivity contribution is 7.86. The van der Waals surface area contributed by atoms with Crippen molar-refractivity contribution in [3.8, 4) is 0 Å². The van der Waals surface area contributed by atoms with Gasteiger partial charge in [-0.3, -0.25) is 4.18 Å². The van der Waals surface area contributed by atoms with Crippen LogP contribution in [0.3, 0.4) is 0 Å². The Morgan fingerprint density at radius 3 is 2.36 bits per heavy atom. The maximum atomic E-state index is 10.6. The fourth-order valence-corrected chi connectivity index (χ4v) is 1.78. The van der Waals surface area contributed by atoms with Gasteiger partial charge in [0, 0.05) is 6.04 Å². The SMILES string of the molecule is CNC1CC(OS(C)(=O)=O)C1. The van der Waals surface area contributed by atoms with E-state index in [2.05, 4.69) is 5.32 Å². The Morgan fingerprint density at radius 2 is 2.00 bits per heavy atom. The molecule has 0 bridgehead atoms. The summed E-state index contributed by atoms with van der Waals surface area (Å²) >= 11 is 0. The zero-order valence-corrected chi connectivity index (χ0v) is 7.52. The molecular weight excluding hydrogens is 166 g/mol. The normalized spacial score (nSPS) is 31.5. The Morgan fingerprint density at radius 1 is 1.45 bits per heavy atom. The summed E-state index contributed by atoms with van der Waals surface area (Å²) in [6.45, 7) is 0. The molecule has 4 nitrogen and oxygen atoms in total. The van der Waals surface area contributed by atoms with E-state index in [1.54, 1.807) is 0 Å². The van der Waals surface area contributed by atoms with E-state index < -0.39 is 10.1 Å². The molecule has 0 amide bonds. The van der Waals surface area contributed by atoms with Gasteiger partial charge in [0.2, 0.25) is 0 Å². The fourth-order valence-electron chi connectivity index (χ4n) is 1.13. The molecule has 0 atom stereocenters. The highest BCUT2D eigenvalue weighted by Gasteiger charge is 2.31. The van der Waals surface area contributed by atoms with Gasteiger partial charge in [-0.25, -0.2) is 0 Å². The van der Waals surface area contributed by atoms with E-state index in [1.165, 1.54) is 0 Å². The second-order valence-electron chi connectivity index (χ2n) is 2.88. The Labute approximate surface area is 67.1 Å². The van der Waals surface area contributed by atoms with Crippen LogP contribution in [0.2, 0.25) is 0 Å². The van der Waals surface area contributed by atoms with Gasteiger partial charge in [0.05, 0.1) is 12.4 Å². The molecule has 0 aromatic carbocycles. The smallest absolute Gasteiger partial charge is 0.264 e. The first-order chi connectivity index (χ1) is 5.01. The van der Waals surface area contributed by atoms with Gasteiger partial charge < -0.3 is 5.32 Å². The lowest BCUT2D eigenvalue weighted by Crippen LogP contribution is -2.44. The number of hydrogen-bond donors (Lipinski definition) is 1. The standard InChI is InChI=1S/C6H13NO3S/c1-7-5-3-6(4-5)10-11(2,8)9/h5-7H,3-4H2,1-2H3. The van der Waals surface area contributed by atoms with Crippen LogP contribution in [0.1, 0.15) is 12.8 Å². The molecule has 66 valence electrons. The molecule has 0 radical (unpaired) electrons. The molecule has 0 unspecified atom stereocenters. The lowest BCUT2D eigenvalue weighted by Gasteiger charge is -2.33. The maximum Gasteiger partial charge on any atom is 0.264 e. The minimum atomic E-state index is -3.24. The predicted molar refractivity (Wildman–Crippen MR) is 41.8 cm³/mol. The van der Waals surface area contributed by atoms with Crippen molar-refractivity contribution in [1.82, 2.24) is 5.32 Å². The first kappa shape index (κ1) is 8.96. The van der Waals surface area contributed by atoms with Crippen LogP contribution < -0.4 is 5.32 Å². The summed E-state index contributed by atoms with van der Waals surface area (Å²) < 4.78 is 25.9. The predicted octanol–water partition coefficient (Wildman–Crippen LogP) is -0.287. The largest absolute Gasteiger partial charge is 0.317 e. The maximum absolute atomic E-state index is 10.6. The van der Waals surface area contributed by atoms with Crippen LogP contribution in [0.15, 0.2) is 0 Å². The van der Waals surface area contributed by atoms with E-state index in [1.807, 2.05) is 7.05 Å². The molecule has 1 fully saturated rings. The third kappa shape index (κ3) is 2.76. The zero-order valence-electron chi connectivity index (χ0n) is 6.70. The van der Waals surface area contributed by atoms with Crippen LogP contribution >= 0.6 is 0 Å². The average Bonchev–Trinajstić information content (AvgIpc) is 1.75. The number of hydrogen-bond acceptors (Lipinski definition) is 4. The summed E-state index contributed by atoms with van der Waals surface area (Å²) in [5.41, 5.74) is 0. The molecule has 11 heavy (non-hydrogen) atoms. The van der Waals surface area contributed by atoms with E-state index in [4.69, 9.17) is 4.18 Å². The van der Waals surface area contributed by atoms with Crippen molar-refractivity contribution < 1.29 is 12.6 Å². The van der Waals surface area contributed by atoms with Crippen LogP contribution in [0.5, 0.6) is 0 Å². The molecule has 0 aliphatic heterocycles. The van der Waals surface area contributed by atoms with Gasteiger partial charge >= 0.3 is 0 Å². The first-order valence-corrected chi connectivity index (χ1v) is 5.38. The molecule has 0 saturated heterocycles. The summed E-state index contributed by atoms with van der Waals surface area (Å²) in [6.07, 6.45) is 2.58. The quantitative estimate of drug-likeness (QED) is 0.605. The highest BCUT2D eigenvalue weighted by atomic mass is 32.2. The summed E-state index contributed by atoms with van der Waals surface area (Å²) in [4.78, 5) is 0. The number of rotatable bonds is 3. The zero-order chi connectivity index (χ0) is 8.48. The summed E-state index contributed by atoms with van der Waals surface area (Å²) in [5, 5.41) is 3.04. The van der Waals surface area contributed by atoms with Gasteiger partial charge in [0.1, 0.15) is 0 Å². The third-order valence-electron chi connectivity index (χ3n) is 1.81. The van der Waals surface area contributed by atoms with Crippen molar-refractivity contribution in [2.24, 2.45) is 0 Å². The van der Waals surface area contributed by atoms with Gasteiger partial charge in [0.15, 0.2) is 0 Å². The van der Waals surface area contributed by atoms with Gasteiger partial charge in [-0.1, -0.05) is 0 Å². The van der Waals surface area contributed by atoms with Crippen LogP contribution in [0, 0.1) is 0 Å². The highest BCUT2D eigenvalue weighted by Crippen LogP contribution is 2.23. The molecule has 0 heterocycles. The summed E-state index contributed by atoms with van der Waals surface area (Å²) in [7, 11) is -1.38. The lowest BCUT2D eigenvalue weighted by atomic mass is 9.90. The van der Waals surface area contributed by atoms with Crippen LogP contribution in [-0.2, 0) is 14.3 Å². The molecular formula is C6H13NO3S. The van der Waals surface area contributed by atoms with Crippen molar-refractivity contribution in [3.63, 3.8) is 0 Å². The van der Waals surface area contributed by atoms with Crippen LogP contribution in [0.4, 0.5) is 0 Å². The molecule has 0 spiro atoms. The Balaban J connectivity index is 2.24. The summed E-state index contributed by atoms with van der Waals surface area (Å²) in [5.74, 6) is 0. The van der Waals surface area contributed by atoms with E-state index in [0.717, 1.165) is 19.1 Å². The molecule has 1 N–H and O–H groups in total. The molecule has 1 aliphatic carbocycles. The van der Waals surface area contributed by atoms with E-state index >= 15 is 0 Å². The topological polar surface area (TPSA) is 55.4 Å². The monoisotopic (exact) mass is 179 g/mol. The van der Waals surface area contributed by atoms with Gasteiger partial charge in [-0.05, 0) is 19.9 Å². The second-order valence-corrected chi connectivity index (χ2v) is 4.48. The van der Waals surface area contributed by atoms with Crippen LogP contribution in [0.25, 0.3) is 0 Å². The van der Waals surface area contributed by atoms with Crippen molar-refractivity contribution in [3.05, 3.63) is 0 Å². The van der Waals surface area contributed by atoms with E-state index in [-0.39, 0.29) is 6.10 Å². The van der Waals surface area contributed by atoms with Gasteiger partial charge in [-0.2, -0.15) is 8.42 Å². The first-order valence-electron chi connectivity index (χ1n) is 3.57. The molecule has 0 aromatic heterocycles. The van der Waals surface area contributed by atoms with Gasteiger partial charge in [-0.15, -0.1) is 0 Å². The number of nitrogens with one attached hydrogen (secondary N) is 1. The lowest BCUT2D eigenvalue weighted by molar-refractivity contribution is 0.0961. The molecule has 1 saturated carbocycles. The summed E-state index contributed by atoms with van der Waals surface area (Å²) in [6, 6.07) is 0.432. The van der Waals surface area contributed by atoms with E-state index in [9.17, 15) is 8.42 Å². The van der Waals surface area contributed by atoms with Crippen molar-refractivity contribution in [2.45, 2.75) is 25.0 Å². The van der Waals surface area contributed by atoms with Crippen molar-refractivity contribution in [1.29, 1.82) is 0 Å². The minimum absolute atomic E-state index is 0.0950. The second kappa shape index (κ2) is 3.08. The fraction of sp³-hybridized carbons (Fsp3) is 1.00. The molecule has 1 aliphatic rings. The molecule has 5 heteroatoms. The third-order valence-corrected chi connectivity index (χ3v) is 2.44. The Bertz CT molecular complexity index is 218. The van der Waals surface area contributed by atoms with Crippen LogP contribution in [-0.4, -0.2) is 33.9 Å². The minimum Gasteiger partial charge on any atom is -0.317 e. The Kier molecular flexibility index (Phi) is 2.51. The van der Waals surface area contributed by atoms with Gasteiger partial charge in [0.25, 0.3) is 10.1 Å². The van der Waals surface area contributed by atoms with Crippen molar-refractivity contribution in [2.75, 3.05) is 13.3 Å². The average molecular weight is 179 g/mol.